The zero-order chi connectivity index (χ0) is 11.5. The van der Waals surface area contributed by atoms with Gasteiger partial charge in [-0.2, -0.15) is 0 Å². The summed E-state index contributed by atoms with van der Waals surface area (Å²) in [6, 6.07) is 6.12. The highest BCUT2D eigenvalue weighted by Gasteiger charge is 2.17. The van der Waals surface area contributed by atoms with Crippen molar-refractivity contribution in [1.82, 2.24) is 0 Å². The average molecular weight is 229 g/mol. The molecule has 0 saturated carbocycles. The van der Waals surface area contributed by atoms with Crippen LogP contribution in [-0.4, -0.2) is 31.3 Å². The second kappa shape index (κ2) is 4.65. The molecule has 15 heavy (non-hydrogen) atoms. The first-order valence-electron chi connectivity index (χ1n) is 4.42. The van der Waals surface area contributed by atoms with Crippen LogP contribution in [0.1, 0.15) is 6.92 Å². The first-order valence-corrected chi connectivity index (χ1v) is 6.07. The minimum atomic E-state index is -3.40. The maximum atomic E-state index is 11.3. The van der Waals surface area contributed by atoms with Crippen LogP contribution in [-0.2, 0) is 10.0 Å². The molecule has 0 unspecified atom stereocenters. The molecule has 1 aromatic rings. The van der Waals surface area contributed by atoms with E-state index in [2.05, 4.69) is 4.72 Å². The van der Waals surface area contributed by atoms with Crippen LogP contribution in [0, 0.1) is 0 Å². The normalized spacial score (nSPS) is 11.1. The summed E-state index contributed by atoms with van der Waals surface area (Å²) in [5.74, 6) is -0.0666. The van der Waals surface area contributed by atoms with E-state index in [-0.39, 0.29) is 16.9 Å². The molecule has 0 spiro atoms. The van der Waals surface area contributed by atoms with Crippen molar-refractivity contribution in [2.24, 2.45) is 0 Å². The molecule has 1 aromatic carbocycles. The van der Waals surface area contributed by atoms with Crippen LogP contribution in [0.15, 0.2) is 24.3 Å². The molecule has 0 aliphatic rings. The predicted molar refractivity (Wildman–Crippen MR) is 59.4 cm³/mol. The number of para-hydroxylation sites is 1. The van der Waals surface area contributed by atoms with Crippen molar-refractivity contribution in [3.05, 3.63) is 24.3 Å². The first-order chi connectivity index (χ1) is 6.96. The number of sulfonamides is 1. The Morgan fingerprint density at radius 1 is 1.33 bits per heavy atom. The van der Waals surface area contributed by atoms with Crippen molar-refractivity contribution >= 4 is 28.3 Å². The van der Waals surface area contributed by atoms with Gasteiger partial charge in [0.15, 0.2) is 0 Å². The number of benzene rings is 1. The van der Waals surface area contributed by atoms with Gasteiger partial charge in [0.1, 0.15) is 0 Å². The van der Waals surface area contributed by atoms with Crippen molar-refractivity contribution in [3.63, 3.8) is 0 Å². The molecule has 3 N–H and O–H groups in total. The summed E-state index contributed by atoms with van der Waals surface area (Å²) in [5.41, 5.74) is 0.323. The second-order valence-corrected chi connectivity index (χ2v) is 4.98. The van der Waals surface area contributed by atoms with Gasteiger partial charge in [-0.05, 0) is 13.0 Å². The topological polar surface area (TPSA) is 86.6 Å². The molecular formula is C8H12BNO4S. The Morgan fingerprint density at radius 2 is 1.93 bits per heavy atom. The lowest BCUT2D eigenvalue weighted by Gasteiger charge is -2.10. The summed E-state index contributed by atoms with van der Waals surface area (Å²) in [7, 11) is -5.09. The quantitative estimate of drug-likeness (QED) is 0.585. The highest BCUT2D eigenvalue weighted by atomic mass is 32.2. The summed E-state index contributed by atoms with van der Waals surface area (Å²) < 4.78 is 24.8. The Bertz CT molecular complexity index is 432. The molecule has 0 saturated heterocycles. The average Bonchev–Trinajstić information content (AvgIpc) is 2.18. The summed E-state index contributed by atoms with van der Waals surface area (Å²) in [5, 5.41) is 18.0. The fourth-order valence-electron chi connectivity index (χ4n) is 1.05. The van der Waals surface area contributed by atoms with E-state index in [1.165, 1.54) is 19.1 Å². The Balaban J connectivity index is 3.05. The first kappa shape index (κ1) is 12.0. The smallest absolute Gasteiger partial charge is 0.423 e. The van der Waals surface area contributed by atoms with Crippen molar-refractivity contribution in [3.8, 4) is 0 Å². The van der Waals surface area contributed by atoms with Crippen LogP contribution < -0.4 is 10.2 Å². The SMILES string of the molecule is CCS(=O)(=O)Nc1ccccc1B(O)O. The van der Waals surface area contributed by atoms with Crippen LogP contribution in [0.4, 0.5) is 5.69 Å². The maximum absolute atomic E-state index is 11.3. The van der Waals surface area contributed by atoms with Crippen molar-refractivity contribution in [1.29, 1.82) is 0 Å². The fraction of sp³-hybridized carbons (Fsp3) is 0.250. The third-order valence-electron chi connectivity index (χ3n) is 1.88. The standard InChI is InChI=1S/C8H12BNO4S/c1-2-15(13,14)10-8-6-4-3-5-7(8)9(11)12/h3-6,10-12H,2H2,1H3. The molecule has 0 radical (unpaired) electrons. The number of anilines is 1. The largest absolute Gasteiger partial charge is 0.490 e. The maximum Gasteiger partial charge on any atom is 0.490 e. The Hall–Kier alpha value is -1.05. The van der Waals surface area contributed by atoms with Crippen LogP contribution in [0.3, 0.4) is 0 Å². The van der Waals surface area contributed by atoms with E-state index in [0.717, 1.165) is 0 Å². The minimum Gasteiger partial charge on any atom is -0.423 e. The highest BCUT2D eigenvalue weighted by Crippen LogP contribution is 2.06. The zero-order valence-electron chi connectivity index (χ0n) is 8.21. The number of nitrogens with one attached hydrogen (secondary N) is 1. The lowest BCUT2D eigenvalue weighted by atomic mass is 9.79. The fourth-order valence-corrected chi connectivity index (χ4v) is 1.72. The van der Waals surface area contributed by atoms with Crippen LogP contribution in [0.25, 0.3) is 0 Å². The molecule has 0 aromatic heterocycles. The molecule has 5 nitrogen and oxygen atoms in total. The van der Waals surface area contributed by atoms with E-state index >= 15 is 0 Å². The van der Waals surface area contributed by atoms with E-state index in [1.807, 2.05) is 0 Å². The third-order valence-corrected chi connectivity index (χ3v) is 3.18. The molecule has 0 atom stereocenters. The van der Waals surface area contributed by atoms with E-state index in [4.69, 9.17) is 10.0 Å². The van der Waals surface area contributed by atoms with Gasteiger partial charge in [-0.15, -0.1) is 0 Å². The second-order valence-electron chi connectivity index (χ2n) is 2.97. The monoisotopic (exact) mass is 229 g/mol. The molecule has 0 aliphatic heterocycles. The number of rotatable bonds is 4. The van der Waals surface area contributed by atoms with Crippen LogP contribution in [0.5, 0.6) is 0 Å². The molecule has 82 valence electrons. The van der Waals surface area contributed by atoms with Gasteiger partial charge in [0.25, 0.3) is 0 Å². The molecule has 0 heterocycles. The van der Waals surface area contributed by atoms with Gasteiger partial charge >= 0.3 is 7.12 Å². The van der Waals surface area contributed by atoms with Crippen LogP contribution in [0.2, 0.25) is 0 Å². The lowest BCUT2D eigenvalue weighted by molar-refractivity contribution is 0.426. The molecule has 0 fully saturated rings. The summed E-state index contributed by atoms with van der Waals surface area (Å²) >= 11 is 0. The van der Waals surface area contributed by atoms with E-state index in [1.54, 1.807) is 12.1 Å². The Kier molecular flexibility index (Phi) is 3.73. The van der Waals surface area contributed by atoms with E-state index in [9.17, 15) is 8.42 Å². The van der Waals surface area contributed by atoms with Gasteiger partial charge < -0.3 is 10.0 Å². The van der Waals surface area contributed by atoms with Gasteiger partial charge in [0.05, 0.1) is 5.75 Å². The number of hydrogen-bond donors (Lipinski definition) is 3. The van der Waals surface area contributed by atoms with Crippen molar-refractivity contribution in [2.75, 3.05) is 10.5 Å². The molecule has 7 heteroatoms. The van der Waals surface area contributed by atoms with Crippen molar-refractivity contribution in [2.45, 2.75) is 6.92 Å². The molecular weight excluding hydrogens is 217 g/mol. The summed E-state index contributed by atoms with van der Waals surface area (Å²) in [6.07, 6.45) is 0. The van der Waals surface area contributed by atoms with Gasteiger partial charge in [0.2, 0.25) is 10.0 Å². The summed E-state index contributed by atoms with van der Waals surface area (Å²) in [4.78, 5) is 0. The molecule has 1 rings (SSSR count). The summed E-state index contributed by atoms with van der Waals surface area (Å²) in [6.45, 7) is 1.50. The number of hydrogen-bond acceptors (Lipinski definition) is 4. The van der Waals surface area contributed by atoms with Crippen LogP contribution >= 0.6 is 0 Å². The molecule has 0 aliphatic carbocycles. The van der Waals surface area contributed by atoms with Crippen molar-refractivity contribution < 1.29 is 18.5 Å². The predicted octanol–water partition coefficient (Wildman–Crippen LogP) is -0.872. The van der Waals surface area contributed by atoms with Gasteiger partial charge in [-0.25, -0.2) is 8.42 Å². The highest BCUT2D eigenvalue weighted by molar-refractivity contribution is 7.92. The molecule has 0 bridgehead atoms. The third kappa shape index (κ3) is 3.23. The Morgan fingerprint density at radius 3 is 2.47 bits per heavy atom. The Labute approximate surface area is 89.0 Å². The zero-order valence-corrected chi connectivity index (χ0v) is 9.03. The lowest BCUT2D eigenvalue weighted by Crippen LogP contribution is -2.33. The minimum absolute atomic E-state index is 0.0666. The van der Waals surface area contributed by atoms with E-state index in [0.29, 0.717) is 0 Å². The van der Waals surface area contributed by atoms with Gasteiger partial charge in [-0.1, -0.05) is 18.2 Å². The van der Waals surface area contributed by atoms with Gasteiger partial charge in [0, 0.05) is 11.2 Å². The molecule has 0 amide bonds. The van der Waals surface area contributed by atoms with E-state index < -0.39 is 17.1 Å². The van der Waals surface area contributed by atoms with Gasteiger partial charge in [-0.3, -0.25) is 4.72 Å².